The second kappa shape index (κ2) is 7.51. The van der Waals surface area contributed by atoms with Gasteiger partial charge in [0, 0.05) is 22.1 Å². The zero-order valence-corrected chi connectivity index (χ0v) is 15.2. The first-order valence-electron chi connectivity index (χ1n) is 7.26. The number of hydrogen-bond acceptors (Lipinski definition) is 4. The van der Waals surface area contributed by atoms with Crippen LogP contribution in [0.4, 0.5) is 9.52 Å². The van der Waals surface area contributed by atoms with Gasteiger partial charge in [-0.25, -0.2) is 9.37 Å². The van der Waals surface area contributed by atoms with E-state index in [0.29, 0.717) is 22.3 Å². The Morgan fingerprint density at radius 3 is 2.83 bits per heavy atom. The van der Waals surface area contributed by atoms with Crippen LogP contribution in [0.2, 0.25) is 5.02 Å². The molecule has 1 amide bonds. The number of fused-ring (bicyclic) bond motifs is 1. The van der Waals surface area contributed by atoms with E-state index in [1.54, 1.807) is 12.1 Å². The van der Waals surface area contributed by atoms with Crippen LogP contribution in [0, 0.1) is 12.7 Å². The van der Waals surface area contributed by atoms with Gasteiger partial charge in [-0.1, -0.05) is 22.9 Å². The summed E-state index contributed by atoms with van der Waals surface area (Å²) in [6, 6.07) is 9.94. The molecule has 0 aliphatic carbocycles. The first kappa shape index (κ1) is 17.2. The number of nitrogens with zero attached hydrogens (tertiary/aromatic N) is 1. The van der Waals surface area contributed by atoms with Crippen LogP contribution in [0.1, 0.15) is 12.0 Å². The van der Waals surface area contributed by atoms with Crippen LogP contribution in [-0.2, 0) is 4.79 Å². The maximum atomic E-state index is 12.8. The minimum Gasteiger partial charge on any atom is -0.302 e. The molecule has 1 aromatic heterocycles. The van der Waals surface area contributed by atoms with E-state index in [0.717, 1.165) is 20.7 Å². The molecular formula is C17H14ClFN2OS2. The Morgan fingerprint density at radius 1 is 1.33 bits per heavy atom. The summed E-state index contributed by atoms with van der Waals surface area (Å²) in [4.78, 5) is 17.4. The topological polar surface area (TPSA) is 42.0 Å². The second-order valence-corrected chi connectivity index (χ2v) is 7.82. The summed E-state index contributed by atoms with van der Waals surface area (Å²) < 4.78 is 13.8. The van der Waals surface area contributed by atoms with Crippen LogP contribution in [0.3, 0.4) is 0 Å². The number of thiazole rings is 1. The van der Waals surface area contributed by atoms with Gasteiger partial charge in [0.25, 0.3) is 0 Å². The Bertz CT molecular complexity index is 880. The molecule has 0 fully saturated rings. The third kappa shape index (κ3) is 4.26. The smallest absolute Gasteiger partial charge is 0.226 e. The first-order chi connectivity index (χ1) is 11.5. The molecule has 0 aliphatic heterocycles. The van der Waals surface area contributed by atoms with Crippen LogP contribution >= 0.6 is 34.7 Å². The second-order valence-electron chi connectivity index (χ2n) is 5.19. The fourth-order valence-corrected chi connectivity index (χ4v) is 4.37. The molecule has 0 atom stereocenters. The highest BCUT2D eigenvalue weighted by molar-refractivity contribution is 7.99. The van der Waals surface area contributed by atoms with Crippen molar-refractivity contribution in [3.63, 3.8) is 0 Å². The molecule has 7 heteroatoms. The van der Waals surface area contributed by atoms with Gasteiger partial charge in [0.15, 0.2) is 5.13 Å². The van der Waals surface area contributed by atoms with Crippen molar-refractivity contribution in [2.24, 2.45) is 0 Å². The number of aryl methyl sites for hydroxylation is 1. The highest BCUT2D eigenvalue weighted by Crippen LogP contribution is 2.31. The van der Waals surface area contributed by atoms with Gasteiger partial charge in [-0.2, -0.15) is 0 Å². The number of benzene rings is 2. The highest BCUT2D eigenvalue weighted by Gasteiger charge is 2.10. The summed E-state index contributed by atoms with van der Waals surface area (Å²) in [5.41, 5.74) is 1.85. The molecule has 1 heterocycles. The maximum Gasteiger partial charge on any atom is 0.226 e. The van der Waals surface area contributed by atoms with Crippen LogP contribution < -0.4 is 5.32 Å². The summed E-state index contributed by atoms with van der Waals surface area (Å²) in [7, 11) is 0. The highest BCUT2D eigenvalue weighted by atomic mass is 35.5. The fraction of sp³-hybridized carbons (Fsp3) is 0.176. The van der Waals surface area contributed by atoms with Gasteiger partial charge in [0.2, 0.25) is 5.91 Å². The van der Waals surface area contributed by atoms with Crippen LogP contribution in [0.5, 0.6) is 0 Å². The predicted molar refractivity (Wildman–Crippen MR) is 99.7 cm³/mol. The van der Waals surface area contributed by atoms with Crippen molar-refractivity contribution in [3.8, 4) is 0 Å². The van der Waals surface area contributed by atoms with E-state index in [1.165, 1.54) is 35.2 Å². The van der Waals surface area contributed by atoms with Crippen molar-refractivity contribution in [2.45, 2.75) is 18.2 Å². The Hall–Kier alpha value is -1.63. The number of hydrogen-bond donors (Lipinski definition) is 1. The number of amides is 1. The van der Waals surface area contributed by atoms with Crippen molar-refractivity contribution < 1.29 is 9.18 Å². The molecule has 3 aromatic rings. The van der Waals surface area contributed by atoms with Gasteiger partial charge in [-0.3, -0.25) is 4.79 Å². The summed E-state index contributed by atoms with van der Waals surface area (Å²) in [5.74, 6) is 0.267. The number of aromatic nitrogens is 1. The third-order valence-corrected chi connectivity index (χ3v) is 5.46. The van der Waals surface area contributed by atoms with E-state index in [2.05, 4.69) is 10.3 Å². The lowest BCUT2D eigenvalue weighted by molar-refractivity contribution is -0.115. The number of nitrogens with one attached hydrogen (secondary N) is 1. The molecule has 0 unspecified atom stereocenters. The number of carbonyl (C=O) groups is 1. The van der Waals surface area contributed by atoms with Crippen molar-refractivity contribution in [1.82, 2.24) is 4.98 Å². The monoisotopic (exact) mass is 380 g/mol. The van der Waals surface area contributed by atoms with Crippen molar-refractivity contribution >= 4 is 56.0 Å². The summed E-state index contributed by atoms with van der Waals surface area (Å²) in [6.45, 7) is 1.94. The molecule has 0 saturated carbocycles. The van der Waals surface area contributed by atoms with Crippen LogP contribution in [0.25, 0.3) is 10.2 Å². The van der Waals surface area contributed by atoms with Gasteiger partial charge in [0.1, 0.15) is 5.82 Å². The average Bonchev–Trinajstić information content (AvgIpc) is 2.92. The SMILES string of the molecule is Cc1cc(Cl)cc2sc(NC(=O)CCSc3ccc(F)cc3)nc12. The fourth-order valence-electron chi connectivity index (χ4n) is 2.18. The molecule has 3 nitrogen and oxygen atoms in total. The molecule has 0 spiro atoms. The zero-order valence-electron chi connectivity index (χ0n) is 12.8. The molecular weight excluding hydrogens is 367 g/mol. The normalized spacial score (nSPS) is 11.0. The van der Waals surface area contributed by atoms with Gasteiger partial charge < -0.3 is 5.32 Å². The lowest BCUT2D eigenvalue weighted by atomic mass is 10.2. The van der Waals surface area contributed by atoms with Crippen LogP contribution in [0.15, 0.2) is 41.3 Å². The van der Waals surface area contributed by atoms with Crippen molar-refractivity contribution in [1.29, 1.82) is 0 Å². The number of anilines is 1. The van der Waals surface area contributed by atoms with Gasteiger partial charge in [-0.15, -0.1) is 11.8 Å². The van der Waals surface area contributed by atoms with Gasteiger partial charge in [-0.05, 0) is 48.9 Å². The van der Waals surface area contributed by atoms with Gasteiger partial charge in [0.05, 0.1) is 10.2 Å². The molecule has 124 valence electrons. The zero-order chi connectivity index (χ0) is 17.1. The van der Waals surface area contributed by atoms with Crippen molar-refractivity contribution in [3.05, 3.63) is 52.8 Å². The van der Waals surface area contributed by atoms with E-state index in [9.17, 15) is 9.18 Å². The Kier molecular flexibility index (Phi) is 5.38. The molecule has 2 aromatic carbocycles. The van der Waals surface area contributed by atoms with E-state index in [-0.39, 0.29) is 11.7 Å². The lowest BCUT2D eigenvalue weighted by Crippen LogP contribution is -2.11. The lowest BCUT2D eigenvalue weighted by Gasteiger charge is -2.02. The van der Waals surface area contributed by atoms with Crippen LogP contribution in [-0.4, -0.2) is 16.6 Å². The quantitative estimate of drug-likeness (QED) is 0.592. The number of carbonyl (C=O) groups excluding carboxylic acids is 1. The summed E-state index contributed by atoms with van der Waals surface area (Å²) in [6.07, 6.45) is 0.359. The predicted octanol–water partition coefficient (Wildman–Crippen LogP) is 5.52. The van der Waals surface area contributed by atoms with Crippen molar-refractivity contribution in [2.75, 3.05) is 11.1 Å². The molecule has 3 rings (SSSR count). The minimum atomic E-state index is -0.261. The summed E-state index contributed by atoms with van der Waals surface area (Å²) >= 11 is 8.97. The molecule has 0 bridgehead atoms. The number of thioether (sulfide) groups is 1. The Balaban J connectivity index is 1.57. The minimum absolute atomic E-state index is 0.0904. The molecule has 0 radical (unpaired) electrons. The van der Waals surface area contributed by atoms with E-state index < -0.39 is 0 Å². The van der Waals surface area contributed by atoms with E-state index >= 15 is 0 Å². The molecule has 0 saturated heterocycles. The van der Waals surface area contributed by atoms with Gasteiger partial charge >= 0.3 is 0 Å². The Morgan fingerprint density at radius 2 is 2.08 bits per heavy atom. The Labute approximate surface area is 152 Å². The molecule has 1 N–H and O–H groups in total. The molecule has 0 aliphatic rings. The maximum absolute atomic E-state index is 12.8. The standard InChI is InChI=1S/C17H14ClFN2OS2/c1-10-8-11(18)9-14-16(10)21-17(24-14)20-15(22)6-7-23-13-4-2-12(19)3-5-13/h2-5,8-9H,6-7H2,1H3,(H,20,21,22). The summed E-state index contributed by atoms with van der Waals surface area (Å²) in [5, 5.41) is 4.07. The average molecular weight is 381 g/mol. The third-order valence-electron chi connectivity index (χ3n) is 3.31. The first-order valence-corrected chi connectivity index (χ1v) is 9.44. The molecule has 24 heavy (non-hydrogen) atoms. The van der Waals surface area contributed by atoms with E-state index in [1.807, 2.05) is 19.1 Å². The number of rotatable bonds is 5. The van der Waals surface area contributed by atoms with E-state index in [4.69, 9.17) is 11.6 Å². The number of halogens is 2. The largest absolute Gasteiger partial charge is 0.302 e.